The second-order valence-corrected chi connectivity index (χ2v) is 6.91. The number of rotatable bonds is 9. The van der Waals surface area contributed by atoms with Gasteiger partial charge in [-0.15, -0.1) is 0 Å². The van der Waals surface area contributed by atoms with Gasteiger partial charge in [-0.2, -0.15) is 0 Å². The van der Waals surface area contributed by atoms with Gasteiger partial charge < -0.3 is 9.47 Å². The van der Waals surface area contributed by atoms with E-state index in [1.54, 1.807) is 7.11 Å². The summed E-state index contributed by atoms with van der Waals surface area (Å²) in [6.45, 7) is 5.67. The van der Waals surface area contributed by atoms with Crippen LogP contribution in [0.2, 0.25) is 0 Å². The highest BCUT2D eigenvalue weighted by molar-refractivity contribution is 5.27. The smallest absolute Gasteiger partial charge is 0.128 e. The fraction of sp³-hybridized carbons (Fsp3) is 0.524. The fourth-order valence-corrected chi connectivity index (χ4v) is 3.32. The van der Waals surface area contributed by atoms with Crippen LogP contribution in [0, 0.1) is 0 Å². The number of benzene rings is 1. The van der Waals surface area contributed by atoms with Crippen LogP contribution in [0.3, 0.4) is 0 Å². The maximum atomic E-state index is 5.85. The molecule has 0 amide bonds. The summed E-state index contributed by atoms with van der Waals surface area (Å²) in [7, 11) is 1.70. The van der Waals surface area contributed by atoms with Gasteiger partial charge in [0.25, 0.3) is 0 Å². The Kier molecular flexibility index (Phi) is 6.97. The van der Waals surface area contributed by atoms with E-state index in [-0.39, 0.29) is 0 Å². The van der Waals surface area contributed by atoms with Crippen LogP contribution in [-0.2, 0) is 24.2 Å². The lowest BCUT2D eigenvalue weighted by molar-refractivity contribution is 0.0678. The highest BCUT2D eigenvalue weighted by Gasteiger charge is 2.20. The normalized spacial score (nSPS) is 17.0. The molecule has 1 fully saturated rings. The monoisotopic (exact) mass is 355 g/mol. The zero-order valence-electron chi connectivity index (χ0n) is 15.9. The summed E-state index contributed by atoms with van der Waals surface area (Å²) in [4.78, 5) is 11.4. The van der Waals surface area contributed by atoms with E-state index in [1.165, 1.54) is 5.56 Å². The summed E-state index contributed by atoms with van der Waals surface area (Å²) in [6, 6.07) is 8.29. The predicted molar refractivity (Wildman–Crippen MR) is 102 cm³/mol. The minimum Gasteiger partial charge on any atom is -0.497 e. The summed E-state index contributed by atoms with van der Waals surface area (Å²) in [5.41, 5.74) is 2.42. The van der Waals surface area contributed by atoms with E-state index in [0.29, 0.717) is 6.10 Å². The highest BCUT2D eigenvalue weighted by atomic mass is 16.5. The van der Waals surface area contributed by atoms with Gasteiger partial charge in [0.05, 0.1) is 13.2 Å². The Labute approximate surface area is 156 Å². The number of aromatic nitrogens is 2. The number of hydrogen-bond donors (Lipinski definition) is 0. The second kappa shape index (κ2) is 9.64. The maximum absolute atomic E-state index is 5.85. The van der Waals surface area contributed by atoms with Crippen molar-refractivity contribution in [1.29, 1.82) is 0 Å². The van der Waals surface area contributed by atoms with E-state index in [1.807, 2.05) is 24.5 Å². The fourth-order valence-electron chi connectivity index (χ4n) is 3.32. The predicted octanol–water partition coefficient (Wildman–Crippen LogP) is 3.62. The summed E-state index contributed by atoms with van der Waals surface area (Å²) in [5, 5.41) is 0. The van der Waals surface area contributed by atoms with Gasteiger partial charge in [-0.05, 0) is 37.0 Å². The molecule has 3 rings (SSSR count). The van der Waals surface area contributed by atoms with Crippen molar-refractivity contribution in [1.82, 2.24) is 14.9 Å². The number of ether oxygens (including phenoxy) is 2. The third-order valence-electron chi connectivity index (χ3n) is 4.69. The van der Waals surface area contributed by atoms with Crippen molar-refractivity contribution in [2.24, 2.45) is 0 Å². The van der Waals surface area contributed by atoms with Crippen molar-refractivity contribution in [2.75, 3.05) is 20.3 Å². The molecule has 1 aliphatic heterocycles. The van der Waals surface area contributed by atoms with Gasteiger partial charge in [0, 0.05) is 50.6 Å². The Hall–Kier alpha value is -1.98. The lowest BCUT2D eigenvalue weighted by Crippen LogP contribution is -2.31. The van der Waals surface area contributed by atoms with E-state index in [2.05, 4.69) is 33.9 Å². The minimum absolute atomic E-state index is 0.327. The Bertz CT molecular complexity index is 652. The van der Waals surface area contributed by atoms with Crippen molar-refractivity contribution in [3.63, 3.8) is 0 Å². The second-order valence-electron chi connectivity index (χ2n) is 6.91. The standard InChI is InChI=1S/C21H29N3O2/c1-3-5-21-22-12-18(13-23-21)15-24(16-20-6-4-11-26-20)14-17-7-9-19(25-2)10-8-17/h7-10,12-13,20H,3-6,11,14-16H2,1-2H3. The molecule has 0 N–H and O–H groups in total. The van der Waals surface area contributed by atoms with E-state index in [0.717, 1.165) is 69.1 Å². The molecule has 1 aromatic heterocycles. The third-order valence-corrected chi connectivity index (χ3v) is 4.69. The van der Waals surface area contributed by atoms with E-state index in [9.17, 15) is 0 Å². The van der Waals surface area contributed by atoms with E-state index in [4.69, 9.17) is 9.47 Å². The first-order valence-corrected chi connectivity index (χ1v) is 9.53. The summed E-state index contributed by atoms with van der Waals surface area (Å²) < 4.78 is 11.1. The van der Waals surface area contributed by atoms with Crippen LogP contribution in [0.15, 0.2) is 36.7 Å². The van der Waals surface area contributed by atoms with Crippen LogP contribution < -0.4 is 4.74 Å². The highest BCUT2D eigenvalue weighted by Crippen LogP contribution is 2.18. The molecular weight excluding hydrogens is 326 g/mol. The molecule has 2 heterocycles. The molecule has 5 nitrogen and oxygen atoms in total. The van der Waals surface area contributed by atoms with Gasteiger partial charge in [0.1, 0.15) is 11.6 Å². The Morgan fingerprint density at radius 2 is 1.85 bits per heavy atom. The molecule has 2 aromatic rings. The van der Waals surface area contributed by atoms with Crippen LogP contribution in [0.25, 0.3) is 0 Å². The van der Waals surface area contributed by atoms with Crippen LogP contribution in [0.4, 0.5) is 0 Å². The van der Waals surface area contributed by atoms with Crippen molar-refractivity contribution in [3.05, 3.63) is 53.6 Å². The van der Waals surface area contributed by atoms with Gasteiger partial charge in [-0.1, -0.05) is 19.1 Å². The Balaban J connectivity index is 1.67. The first-order valence-electron chi connectivity index (χ1n) is 9.53. The SMILES string of the molecule is CCCc1ncc(CN(Cc2ccc(OC)cc2)CC2CCCO2)cn1. The van der Waals surface area contributed by atoms with Crippen LogP contribution in [0.5, 0.6) is 5.75 Å². The molecule has 1 unspecified atom stereocenters. The molecule has 26 heavy (non-hydrogen) atoms. The molecule has 140 valence electrons. The quantitative estimate of drug-likeness (QED) is 0.687. The van der Waals surface area contributed by atoms with Crippen molar-refractivity contribution >= 4 is 0 Å². The van der Waals surface area contributed by atoms with Gasteiger partial charge in [0.2, 0.25) is 0 Å². The van der Waals surface area contributed by atoms with Crippen LogP contribution in [-0.4, -0.2) is 41.2 Å². The lowest BCUT2D eigenvalue weighted by Gasteiger charge is -2.25. The lowest BCUT2D eigenvalue weighted by atomic mass is 10.1. The topological polar surface area (TPSA) is 47.5 Å². The van der Waals surface area contributed by atoms with Gasteiger partial charge in [-0.3, -0.25) is 4.90 Å². The average molecular weight is 355 g/mol. The Morgan fingerprint density at radius 3 is 2.46 bits per heavy atom. The first kappa shape index (κ1) is 18.8. The van der Waals surface area contributed by atoms with E-state index < -0.39 is 0 Å². The molecule has 0 spiro atoms. The molecule has 1 saturated heterocycles. The molecule has 0 radical (unpaired) electrons. The Morgan fingerprint density at radius 1 is 1.12 bits per heavy atom. The molecule has 0 aliphatic carbocycles. The molecule has 1 atom stereocenters. The van der Waals surface area contributed by atoms with Crippen LogP contribution >= 0.6 is 0 Å². The number of aryl methyl sites for hydroxylation is 1. The zero-order valence-corrected chi connectivity index (χ0v) is 15.9. The zero-order chi connectivity index (χ0) is 18.2. The summed E-state index contributed by atoms with van der Waals surface area (Å²) in [6.07, 6.45) is 8.58. The summed E-state index contributed by atoms with van der Waals surface area (Å²) >= 11 is 0. The van der Waals surface area contributed by atoms with Crippen molar-refractivity contribution in [2.45, 2.75) is 51.8 Å². The maximum Gasteiger partial charge on any atom is 0.128 e. The average Bonchev–Trinajstić information content (AvgIpc) is 3.17. The molecular formula is C21H29N3O2. The number of methoxy groups -OCH3 is 1. The molecule has 5 heteroatoms. The number of nitrogens with zero attached hydrogens (tertiary/aromatic N) is 3. The number of hydrogen-bond acceptors (Lipinski definition) is 5. The van der Waals surface area contributed by atoms with Gasteiger partial charge >= 0.3 is 0 Å². The van der Waals surface area contributed by atoms with Crippen LogP contribution in [0.1, 0.15) is 43.1 Å². The largest absolute Gasteiger partial charge is 0.497 e. The van der Waals surface area contributed by atoms with Crippen molar-refractivity contribution in [3.8, 4) is 5.75 Å². The first-order chi connectivity index (χ1) is 12.8. The minimum atomic E-state index is 0.327. The molecule has 1 aliphatic rings. The molecule has 1 aromatic carbocycles. The van der Waals surface area contributed by atoms with Gasteiger partial charge in [0.15, 0.2) is 0 Å². The molecule has 0 bridgehead atoms. The third kappa shape index (κ3) is 5.51. The van der Waals surface area contributed by atoms with Gasteiger partial charge in [-0.25, -0.2) is 9.97 Å². The molecule has 0 saturated carbocycles. The summed E-state index contributed by atoms with van der Waals surface area (Å²) in [5.74, 6) is 1.82. The van der Waals surface area contributed by atoms with Crippen molar-refractivity contribution < 1.29 is 9.47 Å². The van der Waals surface area contributed by atoms with E-state index >= 15 is 0 Å².